The van der Waals surface area contributed by atoms with Crippen LogP contribution in [-0.2, 0) is 11.2 Å². The highest BCUT2D eigenvalue weighted by Gasteiger charge is 2.05. The van der Waals surface area contributed by atoms with Crippen molar-refractivity contribution < 1.29 is 14.3 Å². The van der Waals surface area contributed by atoms with Gasteiger partial charge in [-0.15, -0.1) is 11.3 Å². The molecule has 0 saturated heterocycles. The quantitative estimate of drug-likeness (QED) is 0.902. The summed E-state index contributed by atoms with van der Waals surface area (Å²) < 4.78 is 4.75. The van der Waals surface area contributed by atoms with E-state index in [1.54, 1.807) is 18.3 Å². The third-order valence-electron chi connectivity index (χ3n) is 2.36. The summed E-state index contributed by atoms with van der Waals surface area (Å²) in [7, 11) is 0. The molecule has 2 amide bonds. The second-order valence-corrected chi connectivity index (χ2v) is 5.17. The number of hydrogen-bond acceptors (Lipinski definition) is 5. The number of ether oxygens (including phenoxy) is 1. The van der Waals surface area contributed by atoms with Crippen LogP contribution in [0.5, 0.6) is 5.75 Å². The van der Waals surface area contributed by atoms with E-state index in [4.69, 9.17) is 10.5 Å². The monoisotopic (exact) mass is 291 g/mol. The number of carbonyl (C=O) groups is 2. The number of primary amides is 1. The van der Waals surface area contributed by atoms with E-state index in [0.717, 1.165) is 10.4 Å². The standard InChI is InChI=1S/C13H13N3O3S/c1-8(17)16-13-15-7-11(20-13)6-9-2-4-10(5-3-9)19-12(14)18/h2-5,7H,6H2,1H3,(H2,14,18)(H,15,16,17). The van der Waals surface area contributed by atoms with Crippen LogP contribution in [0.25, 0.3) is 0 Å². The molecule has 20 heavy (non-hydrogen) atoms. The zero-order chi connectivity index (χ0) is 14.5. The molecule has 0 bridgehead atoms. The van der Waals surface area contributed by atoms with Gasteiger partial charge in [0.2, 0.25) is 5.91 Å². The Bertz CT molecular complexity index is 622. The Morgan fingerprint density at radius 2 is 2.05 bits per heavy atom. The molecule has 3 N–H and O–H groups in total. The van der Waals surface area contributed by atoms with Crippen LogP contribution in [0.4, 0.5) is 9.93 Å². The first-order valence-corrected chi connectivity index (χ1v) is 6.63. The van der Waals surface area contributed by atoms with Gasteiger partial charge in [-0.3, -0.25) is 4.79 Å². The molecule has 0 aliphatic heterocycles. The molecule has 0 aliphatic rings. The van der Waals surface area contributed by atoms with Crippen LogP contribution in [-0.4, -0.2) is 17.0 Å². The number of benzene rings is 1. The zero-order valence-electron chi connectivity index (χ0n) is 10.8. The third kappa shape index (κ3) is 4.06. The normalized spacial score (nSPS) is 10.1. The summed E-state index contributed by atoms with van der Waals surface area (Å²) in [5, 5.41) is 3.22. The van der Waals surface area contributed by atoms with Crippen LogP contribution in [0, 0.1) is 0 Å². The van der Waals surface area contributed by atoms with Gasteiger partial charge in [0.05, 0.1) is 0 Å². The summed E-state index contributed by atoms with van der Waals surface area (Å²) in [5.74, 6) is 0.267. The highest BCUT2D eigenvalue weighted by atomic mass is 32.1. The molecule has 0 aliphatic carbocycles. The molecule has 0 fully saturated rings. The number of aromatic nitrogens is 1. The summed E-state index contributed by atoms with van der Waals surface area (Å²) in [5.41, 5.74) is 5.97. The van der Waals surface area contributed by atoms with Gasteiger partial charge in [0.15, 0.2) is 5.13 Å². The first-order valence-electron chi connectivity index (χ1n) is 5.81. The number of anilines is 1. The molecular weight excluding hydrogens is 278 g/mol. The number of rotatable bonds is 4. The van der Waals surface area contributed by atoms with Crippen molar-refractivity contribution in [2.45, 2.75) is 13.3 Å². The fourth-order valence-electron chi connectivity index (χ4n) is 1.59. The van der Waals surface area contributed by atoms with E-state index in [2.05, 4.69) is 10.3 Å². The van der Waals surface area contributed by atoms with Gasteiger partial charge in [0, 0.05) is 24.4 Å². The molecule has 0 unspecified atom stereocenters. The molecule has 1 aromatic carbocycles. The summed E-state index contributed by atoms with van der Waals surface area (Å²) in [4.78, 5) is 26.6. The highest BCUT2D eigenvalue weighted by molar-refractivity contribution is 7.15. The molecular formula is C13H13N3O3S. The van der Waals surface area contributed by atoms with Gasteiger partial charge in [0.25, 0.3) is 0 Å². The lowest BCUT2D eigenvalue weighted by atomic mass is 10.1. The maximum Gasteiger partial charge on any atom is 0.409 e. The fraction of sp³-hybridized carbons (Fsp3) is 0.154. The lowest BCUT2D eigenvalue weighted by Crippen LogP contribution is -2.16. The molecule has 7 heteroatoms. The number of hydrogen-bond donors (Lipinski definition) is 2. The molecule has 1 aromatic heterocycles. The van der Waals surface area contributed by atoms with Gasteiger partial charge >= 0.3 is 6.09 Å². The molecule has 2 rings (SSSR count). The summed E-state index contributed by atoms with van der Waals surface area (Å²) in [6, 6.07) is 7.04. The van der Waals surface area contributed by atoms with E-state index >= 15 is 0 Å². The van der Waals surface area contributed by atoms with Crippen molar-refractivity contribution in [3.8, 4) is 5.75 Å². The number of carbonyl (C=O) groups excluding carboxylic acids is 2. The van der Waals surface area contributed by atoms with Crippen molar-refractivity contribution >= 4 is 28.5 Å². The minimum Gasteiger partial charge on any atom is -0.411 e. The Kier molecular flexibility index (Phi) is 4.31. The summed E-state index contributed by atoms with van der Waals surface area (Å²) >= 11 is 1.42. The largest absolute Gasteiger partial charge is 0.411 e. The number of nitrogens with one attached hydrogen (secondary N) is 1. The van der Waals surface area contributed by atoms with E-state index in [9.17, 15) is 9.59 Å². The van der Waals surface area contributed by atoms with Crippen molar-refractivity contribution in [2.75, 3.05) is 5.32 Å². The highest BCUT2D eigenvalue weighted by Crippen LogP contribution is 2.22. The zero-order valence-corrected chi connectivity index (χ0v) is 11.6. The molecule has 6 nitrogen and oxygen atoms in total. The maximum absolute atomic E-state index is 10.9. The van der Waals surface area contributed by atoms with Crippen molar-refractivity contribution in [2.24, 2.45) is 5.73 Å². The van der Waals surface area contributed by atoms with Crippen LogP contribution < -0.4 is 15.8 Å². The van der Waals surface area contributed by atoms with Gasteiger partial charge in [-0.25, -0.2) is 9.78 Å². The fourth-order valence-corrected chi connectivity index (χ4v) is 2.48. The van der Waals surface area contributed by atoms with Gasteiger partial charge in [0.1, 0.15) is 5.75 Å². The van der Waals surface area contributed by atoms with Crippen LogP contribution in [0.15, 0.2) is 30.5 Å². The SMILES string of the molecule is CC(=O)Nc1ncc(Cc2ccc(OC(N)=O)cc2)s1. The molecule has 0 atom stereocenters. The molecule has 0 radical (unpaired) electrons. The van der Waals surface area contributed by atoms with Crippen molar-refractivity contribution in [3.63, 3.8) is 0 Å². The lowest BCUT2D eigenvalue weighted by Gasteiger charge is -2.02. The average molecular weight is 291 g/mol. The molecule has 0 saturated carbocycles. The predicted octanol–water partition coefficient (Wildman–Crippen LogP) is 2.15. The van der Waals surface area contributed by atoms with Crippen LogP contribution in [0.3, 0.4) is 0 Å². The molecule has 0 spiro atoms. The average Bonchev–Trinajstić information content (AvgIpc) is 2.77. The van der Waals surface area contributed by atoms with Crippen LogP contribution in [0.2, 0.25) is 0 Å². The summed E-state index contributed by atoms with van der Waals surface area (Å²) in [6.07, 6.45) is 1.58. The minimum atomic E-state index is -0.833. The van der Waals surface area contributed by atoms with E-state index in [1.165, 1.54) is 18.3 Å². The molecule has 1 heterocycles. The van der Waals surface area contributed by atoms with Gasteiger partial charge < -0.3 is 15.8 Å². The smallest absolute Gasteiger partial charge is 0.409 e. The van der Waals surface area contributed by atoms with Gasteiger partial charge in [-0.05, 0) is 17.7 Å². The number of amides is 2. The second-order valence-electron chi connectivity index (χ2n) is 4.05. The van der Waals surface area contributed by atoms with Crippen LogP contribution in [0.1, 0.15) is 17.4 Å². The Hall–Kier alpha value is -2.41. The Morgan fingerprint density at radius 3 is 2.65 bits per heavy atom. The predicted molar refractivity (Wildman–Crippen MR) is 75.9 cm³/mol. The first kappa shape index (κ1) is 14.0. The number of nitrogens with zero attached hydrogens (tertiary/aromatic N) is 1. The second kappa shape index (κ2) is 6.16. The number of thiazole rings is 1. The first-order chi connectivity index (χ1) is 9.52. The van der Waals surface area contributed by atoms with Gasteiger partial charge in [-0.1, -0.05) is 12.1 Å². The van der Waals surface area contributed by atoms with E-state index < -0.39 is 6.09 Å². The summed E-state index contributed by atoms with van der Waals surface area (Å²) in [6.45, 7) is 1.44. The van der Waals surface area contributed by atoms with E-state index in [-0.39, 0.29) is 5.91 Å². The Balaban J connectivity index is 2.00. The lowest BCUT2D eigenvalue weighted by molar-refractivity contribution is -0.114. The Labute approximate surface area is 119 Å². The van der Waals surface area contributed by atoms with E-state index in [1.807, 2.05) is 12.1 Å². The van der Waals surface area contributed by atoms with Crippen molar-refractivity contribution in [1.29, 1.82) is 0 Å². The topological polar surface area (TPSA) is 94.3 Å². The Morgan fingerprint density at radius 1 is 1.35 bits per heavy atom. The third-order valence-corrected chi connectivity index (χ3v) is 3.27. The number of nitrogens with two attached hydrogens (primary N) is 1. The van der Waals surface area contributed by atoms with Crippen molar-refractivity contribution in [1.82, 2.24) is 4.98 Å². The van der Waals surface area contributed by atoms with Gasteiger partial charge in [-0.2, -0.15) is 0 Å². The minimum absolute atomic E-state index is 0.140. The van der Waals surface area contributed by atoms with Crippen LogP contribution >= 0.6 is 11.3 Å². The maximum atomic E-state index is 10.9. The van der Waals surface area contributed by atoms with Crippen molar-refractivity contribution in [3.05, 3.63) is 40.9 Å². The van der Waals surface area contributed by atoms with E-state index in [0.29, 0.717) is 17.3 Å². The molecule has 104 valence electrons. The molecule has 2 aromatic rings.